The second-order valence-corrected chi connectivity index (χ2v) is 4.14. The molecule has 5 heteroatoms. The average Bonchev–Trinajstić information content (AvgIpc) is 2.26. The number of amides is 1. The Kier molecular flexibility index (Phi) is 4.90. The van der Waals surface area contributed by atoms with Gasteiger partial charge in [0.05, 0.1) is 12.1 Å². The Bertz CT molecular complexity index is 380. The van der Waals surface area contributed by atoms with Crippen molar-refractivity contribution in [2.24, 2.45) is 5.73 Å². The van der Waals surface area contributed by atoms with Crippen LogP contribution in [0.4, 0.5) is 0 Å². The Hall–Kier alpha value is -1.62. The summed E-state index contributed by atoms with van der Waals surface area (Å²) in [5, 5.41) is 3.02. The second kappa shape index (κ2) is 6.20. The van der Waals surface area contributed by atoms with E-state index in [1.807, 2.05) is 26.0 Å². The van der Waals surface area contributed by atoms with Crippen molar-refractivity contribution in [3.63, 3.8) is 0 Å². The number of rotatable bonds is 6. The number of primary amides is 1. The maximum atomic E-state index is 10.9. The maximum absolute atomic E-state index is 10.9. The SMILES string of the molecule is CC(C)Oc1ncccc1CNC(C)C(N)=O. The number of carbonyl (C=O) groups excluding carboxylic acids is 1. The van der Waals surface area contributed by atoms with Gasteiger partial charge in [-0.2, -0.15) is 0 Å². The maximum Gasteiger partial charge on any atom is 0.234 e. The number of ether oxygens (including phenoxy) is 1. The Morgan fingerprint density at radius 2 is 2.24 bits per heavy atom. The van der Waals surface area contributed by atoms with Gasteiger partial charge in [0, 0.05) is 18.3 Å². The molecule has 0 aliphatic carbocycles. The molecule has 1 amide bonds. The van der Waals surface area contributed by atoms with E-state index in [9.17, 15) is 4.79 Å². The molecule has 1 aromatic heterocycles. The number of hydrogen-bond acceptors (Lipinski definition) is 4. The molecule has 1 heterocycles. The van der Waals surface area contributed by atoms with Crippen LogP contribution in [-0.2, 0) is 11.3 Å². The molecule has 94 valence electrons. The predicted octanol–water partition coefficient (Wildman–Crippen LogP) is 0.832. The fourth-order valence-corrected chi connectivity index (χ4v) is 1.25. The summed E-state index contributed by atoms with van der Waals surface area (Å²) in [6, 6.07) is 3.37. The van der Waals surface area contributed by atoms with Gasteiger partial charge < -0.3 is 15.8 Å². The van der Waals surface area contributed by atoms with Crippen molar-refractivity contribution in [2.75, 3.05) is 0 Å². The van der Waals surface area contributed by atoms with Gasteiger partial charge in [-0.15, -0.1) is 0 Å². The second-order valence-electron chi connectivity index (χ2n) is 4.14. The molecule has 1 rings (SSSR count). The summed E-state index contributed by atoms with van der Waals surface area (Å²) in [5.74, 6) is 0.215. The fourth-order valence-electron chi connectivity index (χ4n) is 1.25. The lowest BCUT2D eigenvalue weighted by Gasteiger charge is -2.14. The zero-order valence-corrected chi connectivity index (χ0v) is 10.4. The van der Waals surface area contributed by atoms with E-state index in [2.05, 4.69) is 10.3 Å². The number of aromatic nitrogens is 1. The molecule has 1 atom stereocenters. The van der Waals surface area contributed by atoms with Crippen LogP contribution in [0.1, 0.15) is 26.3 Å². The van der Waals surface area contributed by atoms with Crippen LogP contribution in [0.25, 0.3) is 0 Å². The zero-order chi connectivity index (χ0) is 12.8. The van der Waals surface area contributed by atoms with Gasteiger partial charge >= 0.3 is 0 Å². The molecule has 17 heavy (non-hydrogen) atoms. The van der Waals surface area contributed by atoms with E-state index in [4.69, 9.17) is 10.5 Å². The first kappa shape index (κ1) is 13.4. The minimum Gasteiger partial charge on any atom is -0.475 e. The van der Waals surface area contributed by atoms with Crippen molar-refractivity contribution in [2.45, 2.75) is 39.5 Å². The monoisotopic (exact) mass is 237 g/mol. The lowest BCUT2D eigenvalue weighted by Crippen LogP contribution is -2.38. The van der Waals surface area contributed by atoms with Crippen LogP contribution in [0, 0.1) is 0 Å². The molecule has 1 unspecified atom stereocenters. The van der Waals surface area contributed by atoms with Crippen molar-refractivity contribution in [3.05, 3.63) is 23.9 Å². The van der Waals surface area contributed by atoms with Gasteiger partial charge in [0.15, 0.2) is 0 Å². The molecule has 0 aromatic carbocycles. The van der Waals surface area contributed by atoms with Crippen LogP contribution in [-0.4, -0.2) is 23.0 Å². The van der Waals surface area contributed by atoms with Gasteiger partial charge in [0.25, 0.3) is 0 Å². The Balaban J connectivity index is 2.66. The topological polar surface area (TPSA) is 77.2 Å². The quantitative estimate of drug-likeness (QED) is 0.768. The third-order valence-corrected chi connectivity index (χ3v) is 2.22. The Morgan fingerprint density at radius 1 is 1.53 bits per heavy atom. The Morgan fingerprint density at radius 3 is 2.82 bits per heavy atom. The molecule has 1 aromatic rings. The van der Waals surface area contributed by atoms with Gasteiger partial charge in [-0.05, 0) is 26.8 Å². The van der Waals surface area contributed by atoms with Crippen molar-refractivity contribution >= 4 is 5.91 Å². The highest BCUT2D eigenvalue weighted by atomic mass is 16.5. The van der Waals surface area contributed by atoms with Crippen LogP contribution in [0.2, 0.25) is 0 Å². The molecular weight excluding hydrogens is 218 g/mol. The van der Waals surface area contributed by atoms with Gasteiger partial charge in [-0.25, -0.2) is 4.98 Å². The summed E-state index contributed by atoms with van der Waals surface area (Å²) in [6.45, 7) is 6.11. The fraction of sp³-hybridized carbons (Fsp3) is 0.500. The lowest BCUT2D eigenvalue weighted by molar-refractivity contribution is -0.119. The van der Waals surface area contributed by atoms with Gasteiger partial charge in [0.2, 0.25) is 11.8 Å². The minimum absolute atomic E-state index is 0.0669. The largest absolute Gasteiger partial charge is 0.475 e. The van der Waals surface area contributed by atoms with Gasteiger partial charge in [0.1, 0.15) is 0 Å². The van der Waals surface area contributed by atoms with Gasteiger partial charge in [-0.3, -0.25) is 4.79 Å². The van der Waals surface area contributed by atoms with Crippen LogP contribution in [0.3, 0.4) is 0 Å². The first-order chi connectivity index (χ1) is 8.00. The molecule has 0 aliphatic heterocycles. The molecule has 0 aliphatic rings. The van der Waals surface area contributed by atoms with Crippen LogP contribution >= 0.6 is 0 Å². The highest BCUT2D eigenvalue weighted by Gasteiger charge is 2.10. The molecule has 0 radical (unpaired) electrons. The Labute approximate surface area is 101 Å². The normalized spacial score (nSPS) is 12.5. The predicted molar refractivity (Wildman–Crippen MR) is 65.5 cm³/mol. The van der Waals surface area contributed by atoms with E-state index in [-0.39, 0.29) is 18.1 Å². The van der Waals surface area contributed by atoms with E-state index in [0.717, 1.165) is 5.56 Å². The van der Waals surface area contributed by atoms with E-state index in [0.29, 0.717) is 12.4 Å². The summed E-state index contributed by atoms with van der Waals surface area (Å²) in [5.41, 5.74) is 6.08. The summed E-state index contributed by atoms with van der Waals surface area (Å²) >= 11 is 0. The van der Waals surface area contributed by atoms with Gasteiger partial charge in [-0.1, -0.05) is 6.07 Å². The zero-order valence-electron chi connectivity index (χ0n) is 10.4. The van der Waals surface area contributed by atoms with E-state index >= 15 is 0 Å². The molecule has 0 bridgehead atoms. The third-order valence-electron chi connectivity index (χ3n) is 2.22. The molecule has 0 saturated heterocycles. The smallest absolute Gasteiger partial charge is 0.234 e. The number of nitrogens with zero attached hydrogens (tertiary/aromatic N) is 1. The third kappa shape index (κ3) is 4.40. The number of nitrogens with two attached hydrogens (primary N) is 1. The summed E-state index contributed by atoms with van der Waals surface area (Å²) < 4.78 is 5.57. The van der Waals surface area contributed by atoms with Crippen LogP contribution in [0.5, 0.6) is 5.88 Å². The number of hydrogen-bond donors (Lipinski definition) is 2. The lowest BCUT2D eigenvalue weighted by atomic mass is 10.2. The number of pyridine rings is 1. The van der Waals surface area contributed by atoms with E-state index in [1.165, 1.54) is 0 Å². The van der Waals surface area contributed by atoms with Crippen molar-refractivity contribution < 1.29 is 9.53 Å². The standard InChI is InChI=1S/C12H19N3O2/c1-8(2)17-12-10(5-4-6-14-12)7-15-9(3)11(13)16/h4-6,8-9,15H,7H2,1-3H3,(H2,13,16). The van der Waals surface area contributed by atoms with Crippen molar-refractivity contribution in [1.82, 2.24) is 10.3 Å². The number of carbonyl (C=O) groups is 1. The van der Waals surface area contributed by atoms with Crippen molar-refractivity contribution in [1.29, 1.82) is 0 Å². The van der Waals surface area contributed by atoms with E-state index < -0.39 is 0 Å². The first-order valence-electron chi connectivity index (χ1n) is 5.64. The molecule has 3 N–H and O–H groups in total. The van der Waals surface area contributed by atoms with Crippen LogP contribution in [0.15, 0.2) is 18.3 Å². The molecular formula is C12H19N3O2. The molecule has 0 spiro atoms. The highest BCUT2D eigenvalue weighted by Crippen LogP contribution is 2.15. The summed E-state index contributed by atoms with van der Waals surface area (Å²) in [7, 11) is 0. The first-order valence-corrected chi connectivity index (χ1v) is 5.64. The van der Waals surface area contributed by atoms with E-state index in [1.54, 1.807) is 13.1 Å². The molecule has 5 nitrogen and oxygen atoms in total. The molecule has 0 saturated carbocycles. The number of nitrogens with one attached hydrogen (secondary N) is 1. The van der Waals surface area contributed by atoms with Crippen molar-refractivity contribution in [3.8, 4) is 5.88 Å². The average molecular weight is 237 g/mol. The summed E-state index contributed by atoms with van der Waals surface area (Å²) in [4.78, 5) is 15.1. The van der Waals surface area contributed by atoms with Crippen LogP contribution < -0.4 is 15.8 Å². The summed E-state index contributed by atoms with van der Waals surface area (Å²) in [6.07, 6.45) is 1.75. The molecule has 0 fully saturated rings. The minimum atomic E-state index is -0.375. The highest BCUT2D eigenvalue weighted by molar-refractivity contribution is 5.79.